The van der Waals surface area contributed by atoms with Gasteiger partial charge in [-0.1, -0.05) is 0 Å². The van der Waals surface area contributed by atoms with E-state index in [1.165, 1.54) is 20.8 Å². The summed E-state index contributed by atoms with van der Waals surface area (Å²) in [7, 11) is 0. The van der Waals surface area contributed by atoms with Crippen LogP contribution in [0.4, 0.5) is 0 Å². The molecule has 0 fully saturated rings. The highest BCUT2D eigenvalue weighted by molar-refractivity contribution is 5.90. The van der Waals surface area contributed by atoms with Gasteiger partial charge in [0.25, 0.3) is 0 Å². The lowest BCUT2D eigenvalue weighted by molar-refractivity contribution is -0.197. The molecule has 0 aliphatic carbocycles. The Morgan fingerprint density at radius 3 is 1.52 bits per heavy atom. The molecule has 0 saturated heterocycles. The molecule has 0 aliphatic heterocycles. The first kappa shape index (κ1) is 22.4. The Hall–Kier alpha value is -2.65. The average Bonchev–Trinajstić information content (AvgIpc) is 2.39. The molecule has 0 saturated carbocycles. The first-order chi connectivity index (χ1) is 11.2. The van der Waals surface area contributed by atoms with Crippen LogP contribution in [0.1, 0.15) is 41.5 Å². The smallest absolute Gasteiger partial charge is 0.352 e. The lowest BCUT2D eigenvalue weighted by atomic mass is 10.1. The maximum Gasteiger partial charge on any atom is 0.352 e. The van der Waals surface area contributed by atoms with Gasteiger partial charge < -0.3 is 24.1 Å². The highest BCUT2D eigenvalue weighted by atomic mass is 16.6. The maximum atomic E-state index is 12.2. The third kappa shape index (κ3) is 8.68. The topological polar surface area (TPSA) is 142 Å². The van der Waals surface area contributed by atoms with E-state index in [1.54, 1.807) is 0 Å². The molecule has 3 atom stereocenters. The number of carbonyl (C=O) groups is 5. The summed E-state index contributed by atoms with van der Waals surface area (Å²) in [5.41, 5.74) is -0.992. The van der Waals surface area contributed by atoms with Crippen LogP contribution in [-0.4, -0.2) is 58.9 Å². The van der Waals surface area contributed by atoms with Crippen LogP contribution in [0.15, 0.2) is 0 Å². The standard InChI is InChI=1S/C15H22O10/c1-7(12(18)19)22-13(20)10(23-8(2)16)11(24-9(3)17)14(21)25-15(4,5)6/h7,10-11H,1-6H3,(H,18,19)/t7-,10+,11+/m0/s1. The van der Waals surface area contributed by atoms with E-state index in [2.05, 4.69) is 4.74 Å². The van der Waals surface area contributed by atoms with Crippen LogP contribution in [0.5, 0.6) is 0 Å². The first-order valence-corrected chi connectivity index (χ1v) is 7.25. The van der Waals surface area contributed by atoms with Gasteiger partial charge in [-0.3, -0.25) is 9.59 Å². The zero-order valence-corrected chi connectivity index (χ0v) is 14.9. The summed E-state index contributed by atoms with van der Waals surface area (Å²) in [6.07, 6.45) is -5.55. The summed E-state index contributed by atoms with van der Waals surface area (Å²) in [5, 5.41) is 8.78. The number of aliphatic carboxylic acids is 1. The minimum atomic E-state index is -2.02. The molecule has 10 heteroatoms. The Balaban J connectivity index is 5.64. The number of rotatable bonds is 7. The van der Waals surface area contributed by atoms with Crippen LogP contribution in [0, 0.1) is 0 Å². The largest absolute Gasteiger partial charge is 0.479 e. The Labute approximate surface area is 144 Å². The van der Waals surface area contributed by atoms with Gasteiger partial charge in [-0.25, -0.2) is 14.4 Å². The second-order valence-corrected chi connectivity index (χ2v) is 6.01. The summed E-state index contributed by atoms with van der Waals surface area (Å²) in [6.45, 7) is 7.55. The monoisotopic (exact) mass is 362 g/mol. The van der Waals surface area contributed by atoms with Crippen LogP contribution in [0.25, 0.3) is 0 Å². The molecule has 0 amide bonds. The Morgan fingerprint density at radius 2 is 1.20 bits per heavy atom. The summed E-state index contributed by atoms with van der Waals surface area (Å²) < 4.78 is 19.1. The molecule has 0 rings (SSSR count). The summed E-state index contributed by atoms with van der Waals surface area (Å²) >= 11 is 0. The highest BCUT2D eigenvalue weighted by Crippen LogP contribution is 2.16. The van der Waals surface area contributed by atoms with E-state index in [0.29, 0.717) is 0 Å². The number of hydrogen-bond acceptors (Lipinski definition) is 9. The quantitative estimate of drug-likeness (QED) is 0.493. The van der Waals surface area contributed by atoms with Gasteiger partial charge in [0, 0.05) is 13.8 Å². The van der Waals surface area contributed by atoms with Gasteiger partial charge >= 0.3 is 29.8 Å². The van der Waals surface area contributed by atoms with E-state index in [-0.39, 0.29) is 0 Å². The van der Waals surface area contributed by atoms with Crippen LogP contribution in [0.2, 0.25) is 0 Å². The molecule has 142 valence electrons. The van der Waals surface area contributed by atoms with E-state index in [1.807, 2.05) is 0 Å². The SMILES string of the molecule is CC(=O)O[C@@H](C(=O)O[C@@H](C)C(=O)O)[C@@H](OC(C)=O)C(=O)OC(C)(C)C. The molecule has 1 N–H and O–H groups in total. The van der Waals surface area contributed by atoms with Crippen molar-refractivity contribution in [1.82, 2.24) is 0 Å². The molecule has 0 heterocycles. The van der Waals surface area contributed by atoms with Crippen molar-refractivity contribution in [2.24, 2.45) is 0 Å². The minimum absolute atomic E-state index is 0.945. The van der Waals surface area contributed by atoms with Crippen molar-refractivity contribution in [3.63, 3.8) is 0 Å². The van der Waals surface area contributed by atoms with Crippen LogP contribution in [-0.2, 0) is 42.9 Å². The number of esters is 4. The molecule has 0 bridgehead atoms. The Bertz CT molecular complexity index is 545. The molecule has 0 aromatic rings. The molecule has 25 heavy (non-hydrogen) atoms. The van der Waals surface area contributed by atoms with Crippen molar-refractivity contribution in [2.75, 3.05) is 0 Å². The number of hydrogen-bond donors (Lipinski definition) is 1. The molecular formula is C15H22O10. The van der Waals surface area contributed by atoms with Crippen molar-refractivity contribution < 1.29 is 48.0 Å². The zero-order chi connectivity index (χ0) is 19.9. The minimum Gasteiger partial charge on any atom is -0.479 e. The summed E-state index contributed by atoms with van der Waals surface area (Å²) in [4.78, 5) is 57.6. The van der Waals surface area contributed by atoms with E-state index >= 15 is 0 Å². The van der Waals surface area contributed by atoms with Crippen molar-refractivity contribution in [2.45, 2.75) is 65.5 Å². The predicted molar refractivity (Wildman–Crippen MR) is 80.1 cm³/mol. The van der Waals surface area contributed by atoms with Gasteiger partial charge in [-0.2, -0.15) is 0 Å². The lowest BCUT2D eigenvalue weighted by Gasteiger charge is -2.27. The molecule has 10 nitrogen and oxygen atoms in total. The van der Waals surface area contributed by atoms with Crippen LogP contribution >= 0.6 is 0 Å². The maximum absolute atomic E-state index is 12.2. The molecule has 0 spiro atoms. The number of ether oxygens (including phenoxy) is 4. The summed E-state index contributed by atoms with van der Waals surface area (Å²) in [5.74, 6) is -5.93. The fourth-order valence-corrected chi connectivity index (χ4v) is 1.48. The molecule has 0 aromatic carbocycles. The fourth-order valence-electron chi connectivity index (χ4n) is 1.48. The van der Waals surface area contributed by atoms with E-state index < -0.39 is 53.8 Å². The van der Waals surface area contributed by atoms with Gasteiger partial charge in [0.1, 0.15) is 5.60 Å². The fraction of sp³-hybridized carbons (Fsp3) is 0.667. The van der Waals surface area contributed by atoms with Gasteiger partial charge in [0.2, 0.25) is 12.2 Å². The molecule has 0 unspecified atom stereocenters. The third-order valence-electron chi connectivity index (χ3n) is 2.37. The molecule has 0 radical (unpaired) electrons. The summed E-state index contributed by atoms with van der Waals surface area (Å²) in [6, 6.07) is 0. The highest BCUT2D eigenvalue weighted by Gasteiger charge is 2.43. The zero-order valence-electron chi connectivity index (χ0n) is 14.9. The second-order valence-electron chi connectivity index (χ2n) is 6.01. The van der Waals surface area contributed by atoms with Crippen molar-refractivity contribution in [3.05, 3.63) is 0 Å². The van der Waals surface area contributed by atoms with Crippen molar-refractivity contribution >= 4 is 29.8 Å². The number of carbonyl (C=O) groups excluding carboxylic acids is 4. The molecule has 0 aromatic heterocycles. The molecule has 0 aliphatic rings. The van der Waals surface area contributed by atoms with E-state index in [4.69, 9.17) is 19.3 Å². The number of carboxylic acids is 1. The van der Waals surface area contributed by atoms with Crippen molar-refractivity contribution in [3.8, 4) is 0 Å². The second kappa shape index (κ2) is 9.00. The number of carboxylic acid groups (broad SMARTS) is 1. The van der Waals surface area contributed by atoms with Gasteiger partial charge in [-0.05, 0) is 27.7 Å². The average molecular weight is 362 g/mol. The molecular weight excluding hydrogens is 340 g/mol. The van der Waals surface area contributed by atoms with Crippen LogP contribution < -0.4 is 0 Å². The van der Waals surface area contributed by atoms with Crippen LogP contribution in [0.3, 0.4) is 0 Å². The van der Waals surface area contributed by atoms with Gasteiger partial charge in [-0.15, -0.1) is 0 Å². The van der Waals surface area contributed by atoms with Gasteiger partial charge in [0.15, 0.2) is 6.10 Å². The third-order valence-corrected chi connectivity index (χ3v) is 2.37. The lowest BCUT2D eigenvalue weighted by Crippen LogP contribution is -2.49. The Morgan fingerprint density at radius 1 is 0.800 bits per heavy atom. The van der Waals surface area contributed by atoms with E-state index in [0.717, 1.165) is 20.8 Å². The first-order valence-electron chi connectivity index (χ1n) is 7.25. The van der Waals surface area contributed by atoms with Crippen molar-refractivity contribution in [1.29, 1.82) is 0 Å². The predicted octanol–water partition coefficient (Wildman–Crippen LogP) is 0.208. The Kier molecular flexibility index (Phi) is 8.04. The van der Waals surface area contributed by atoms with E-state index in [9.17, 15) is 24.0 Å². The van der Waals surface area contributed by atoms with Gasteiger partial charge in [0.05, 0.1) is 0 Å². The normalized spacial score (nSPS) is 14.5.